The summed E-state index contributed by atoms with van der Waals surface area (Å²) >= 11 is 0. The van der Waals surface area contributed by atoms with E-state index < -0.39 is 7.60 Å². The molecule has 0 atom stereocenters. The maximum absolute atomic E-state index is 12.4. The van der Waals surface area contributed by atoms with E-state index in [-0.39, 0.29) is 0 Å². The smallest absolute Gasteiger partial charge is 0.309 e. The van der Waals surface area contributed by atoms with Crippen LogP contribution in [-0.2, 0) is 13.6 Å². The summed E-state index contributed by atoms with van der Waals surface area (Å²) in [4.78, 5) is 0. The van der Waals surface area contributed by atoms with Crippen molar-refractivity contribution in [3.8, 4) is 0 Å². The highest BCUT2D eigenvalue weighted by Crippen LogP contribution is 2.50. The maximum atomic E-state index is 12.4. The summed E-state index contributed by atoms with van der Waals surface area (Å²) in [5, 5.41) is 0. The van der Waals surface area contributed by atoms with Crippen molar-refractivity contribution in [2.24, 2.45) is 0 Å². The van der Waals surface area contributed by atoms with Crippen LogP contribution in [0.15, 0.2) is 66.5 Å². The Morgan fingerprint density at radius 1 is 0.850 bits per heavy atom. The standard InChI is InChI=1S/C16H17O3P/c1-18-20(17,19-2)13-16(14-9-5-3-6-10-14)15-11-7-4-8-12-15/h3-13H,1-2H3. The molecule has 0 radical (unpaired) electrons. The minimum Gasteiger partial charge on any atom is -0.309 e. The predicted octanol–water partition coefficient (Wildman–Crippen LogP) is 4.56. The van der Waals surface area contributed by atoms with E-state index in [2.05, 4.69) is 0 Å². The molecule has 0 spiro atoms. The summed E-state index contributed by atoms with van der Waals surface area (Å²) in [7, 11) is -0.464. The Kier molecular flexibility index (Phi) is 4.91. The van der Waals surface area contributed by atoms with Gasteiger partial charge in [-0.05, 0) is 16.7 Å². The Hall–Kier alpha value is -1.67. The molecule has 0 aromatic heterocycles. The van der Waals surface area contributed by atoms with Crippen LogP contribution in [0.1, 0.15) is 11.1 Å². The van der Waals surface area contributed by atoms with Crippen molar-refractivity contribution in [3.63, 3.8) is 0 Å². The van der Waals surface area contributed by atoms with Gasteiger partial charge in [0.05, 0.1) is 0 Å². The van der Waals surface area contributed by atoms with Gasteiger partial charge in [-0.2, -0.15) is 0 Å². The molecule has 0 aliphatic heterocycles. The molecule has 20 heavy (non-hydrogen) atoms. The van der Waals surface area contributed by atoms with E-state index in [9.17, 15) is 4.57 Å². The second kappa shape index (κ2) is 6.67. The molecule has 0 unspecified atom stereocenters. The Morgan fingerprint density at radius 2 is 1.25 bits per heavy atom. The molecule has 0 aliphatic carbocycles. The van der Waals surface area contributed by atoms with Crippen LogP contribution in [0.4, 0.5) is 0 Å². The van der Waals surface area contributed by atoms with E-state index in [1.807, 2.05) is 60.7 Å². The molecule has 2 aromatic carbocycles. The van der Waals surface area contributed by atoms with Crippen molar-refractivity contribution in [1.29, 1.82) is 0 Å². The molecule has 2 rings (SSSR count). The number of rotatable bonds is 5. The number of hydrogen-bond acceptors (Lipinski definition) is 3. The quantitative estimate of drug-likeness (QED) is 0.756. The summed E-state index contributed by atoms with van der Waals surface area (Å²) in [5.41, 5.74) is 2.76. The van der Waals surface area contributed by atoms with E-state index in [4.69, 9.17) is 9.05 Å². The highest BCUT2D eigenvalue weighted by Gasteiger charge is 2.20. The Balaban J connectivity index is 2.57. The molecular formula is C16H17O3P. The molecule has 0 saturated heterocycles. The zero-order chi connectivity index (χ0) is 14.4. The topological polar surface area (TPSA) is 35.5 Å². The van der Waals surface area contributed by atoms with Crippen LogP contribution in [0.3, 0.4) is 0 Å². The van der Waals surface area contributed by atoms with Gasteiger partial charge in [0, 0.05) is 20.0 Å². The van der Waals surface area contributed by atoms with Crippen molar-refractivity contribution < 1.29 is 13.6 Å². The second-order valence-electron chi connectivity index (χ2n) is 4.18. The molecule has 0 saturated carbocycles. The average molecular weight is 288 g/mol. The number of benzene rings is 2. The van der Waals surface area contributed by atoms with Crippen LogP contribution >= 0.6 is 7.60 Å². The molecule has 4 heteroatoms. The SMILES string of the molecule is COP(=O)(C=C(c1ccccc1)c1ccccc1)OC. The van der Waals surface area contributed by atoms with Crippen molar-refractivity contribution in [2.75, 3.05) is 14.2 Å². The summed E-state index contributed by atoms with van der Waals surface area (Å²) in [6, 6.07) is 19.5. The van der Waals surface area contributed by atoms with Gasteiger partial charge < -0.3 is 9.05 Å². The molecule has 0 bridgehead atoms. The van der Waals surface area contributed by atoms with Crippen molar-refractivity contribution in [1.82, 2.24) is 0 Å². The molecule has 0 N–H and O–H groups in total. The van der Waals surface area contributed by atoms with Gasteiger partial charge in [-0.25, -0.2) is 0 Å². The lowest BCUT2D eigenvalue weighted by atomic mass is 10.00. The summed E-state index contributed by atoms with van der Waals surface area (Å²) in [5.74, 6) is 1.57. The van der Waals surface area contributed by atoms with Crippen LogP contribution in [0.25, 0.3) is 5.57 Å². The van der Waals surface area contributed by atoms with Crippen molar-refractivity contribution >= 4 is 13.2 Å². The Morgan fingerprint density at radius 3 is 1.60 bits per heavy atom. The van der Waals surface area contributed by atoms with Gasteiger partial charge in [-0.3, -0.25) is 4.57 Å². The fraction of sp³-hybridized carbons (Fsp3) is 0.125. The van der Waals surface area contributed by atoms with Crippen LogP contribution in [0, 0.1) is 0 Å². The minimum atomic E-state index is -3.23. The predicted molar refractivity (Wildman–Crippen MR) is 81.6 cm³/mol. The van der Waals surface area contributed by atoms with Crippen LogP contribution < -0.4 is 0 Å². The summed E-state index contributed by atoms with van der Waals surface area (Å²) in [6.07, 6.45) is 0. The molecular weight excluding hydrogens is 271 g/mol. The molecule has 3 nitrogen and oxygen atoms in total. The summed E-state index contributed by atoms with van der Waals surface area (Å²) < 4.78 is 22.4. The van der Waals surface area contributed by atoms with Crippen LogP contribution in [0.2, 0.25) is 0 Å². The Labute approximate surface area is 119 Å². The van der Waals surface area contributed by atoms with Crippen LogP contribution in [0.5, 0.6) is 0 Å². The zero-order valence-electron chi connectivity index (χ0n) is 11.5. The van der Waals surface area contributed by atoms with E-state index in [1.54, 1.807) is 5.82 Å². The molecule has 104 valence electrons. The lowest BCUT2D eigenvalue weighted by Crippen LogP contribution is -1.91. The largest absolute Gasteiger partial charge is 0.354 e. The first-order valence-electron chi connectivity index (χ1n) is 6.23. The van der Waals surface area contributed by atoms with Crippen molar-refractivity contribution in [3.05, 3.63) is 77.6 Å². The first kappa shape index (κ1) is 14.7. The van der Waals surface area contributed by atoms with Gasteiger partial charge in [-0.15, -0.1) is 0 Å². The molecule has 0 fully saturated rings. The van der Waals surface area contributed by atoms with Gasteiger partial charge in [0.1, 0.15) is 0 Å². The zero-order valence-corrected chi connectivity index (χ0v) is 12.4. The third-order valence-corrected chi connectivity index (χ3v) is 4.56. The van der Waals surface area contributed by atoms with Gasteiger partial charge in [0.25, 0.3) is 0 Å². The van der Waals surface area contributed by atoms with E-state index in [0.717, 1.165) is 16.7 Å². The lowest BCUT2D eigenvalue weighted by Gasteiger charge is -2.13. The molecule has 0 heterocycles. The third-order valence-electron chi connectivity index (χ3n) is 2.97. The minimum absolute atomic E-state index is 0.832. The monoisotopic (exact) mass is 288 g/mol. The van der Waals surface area contributed by atoms with E-state index >= 15 is 0 Å². The van der Waals surface area contributed by atoms with Crippen molar-refractivity contribution in [2.45, 2.75) is 0 Å². The van der Waals surface area contributed by atoms with Gasteiger partial charge in [-0.1, -0.05) is 60.7 Å². The van der Waals surface area contributed by atoms with Gasteiger partial charge in [0.15, 0.2) is 0 Å². The van der Waals surface area contributed by atoms with E-state index in [0.29, 0.717) is 0 Å². The van der Waals surface area contributed by atoms with Gasteiger partial charge in [0.2, 0.25) is 0 Å². The molecule has 0 aliphatic rings. The van der Waals surface area contributed by atoms with Gasteiger partial charge >= 0.3 is 7.60 Å². The van der Waals surface area contributed by atoms with E-state index in [1.165, 1.54) is 14.2 Å². The summed E-state index contributed by atoms with van der Waals surface area (Å²) in [6.45, 7) is 0. The van der Waals surface area contributed by atoms with Crippen LogP contribution in [-0.4, -0.2) is 14.2 Å². The average Bonchev–Trinajstić information content (AvgIpc) is 2.54. The molecule has 2 aromatic rings. The lowest BCUT2D eigenvalue weighted by molar-refractivity contribution is 0.286. The Bertz CT molecular complexity index is 571. The normalized spacial score (nSPS) is 11.1. The number of hydrogen-bond donors (Lipinski definition) is 0. The highest BCUT2D eigenvalue weighted by atomic mass is 31.2. The highest BCUT2D eigenvalue weighted by molar-refractivity contribution is 7.57. The first-order valence-corrected chi connectivity index (χ1v) is 7.84. The fourth-order valence-corrected chi connectivity index (χ4v) is 2.86. The second-order valence-corrected chi connectivity index (χ2v) is 6.25. The third kappa shape index (κ3) is 3.45. The maximum Gasteiger partial charge on any atom is 0.354 e. The molecule has 0 amide bonds. The first-order chi connectivity index (χ1) is 9.68. The fourth-order valence-electron chi connectivity index (χ4n) is 1.89.